The first kappa shape index (κ1) is 15.4. The van der Waals surface area contributed by atoms with Gasteiger partial charge in [0, 0.05) is 0 Å². The molecule has 0 nitrogen and oxygen atoms in total. The highest BCUT2D eigenvalue weighted by atomic mass is 31.1. The van der Waals surface area contributed by atoms with E-state index < -0.39 is 0 Å². The summed E-state index contributed by atoms with van der Waals surface area (Å²) in [5.74, 6) is 0.912. The Hall–Kier alpha value is -1.13. The molecule has 2 aliphatic rings. The molecule has 2 bridgehead atoms. The van der Waals surface area contributed by atoms with Gasteiger partial charge in [-0.25, -0.2) is 0 Å². The van der Waals surface area contributed by atoms with Gasteiger partial charge < -0.3 is 0 Å². The normalized spacial score (nSPS) is 31.7. The topological polar surface area (TPSA) is 0 Å². The highest BCUT2D eigenvalue weighted by Crippen LogP contribution is 2.71. The van der Waals surface area contributed by atoms with Crippen LogP contribution in [0.1, 0.15) is 40.0 Å². The van der Waals surface area contributed by atoms with Gasteiger partial charge in [0.25, 0.3) is 0 Å². The van der Waals surface area contributed by atoms with E-state index in [0.717, 1.165) is 11.6 Å². The molecule has 2 aromatic carbocycles. The fraction of sp³-hybridized carbons (Fsp3) is 0.455. The first-order valence-corrected chi connectivity index (χ1v) is 10.3. The van der Waals surface area contributed by atoms with Crippen LogP contribution < -0.4 is 10.6 Å². The van der Waals surface area contributed by atoms with Gasteiger partial charge in [-0.15, -0.1) is 0 Å². The fourth-order valence-electron chi connectivity index (χ4n) is 5.54. The highest BCUT2D eigenvalue weighted by molar-refractivity contribution is 7.73. The lowest BCUT2D eigenvalue weighted by Crippen LogP contribution is -2.42. The minimum Gasteiger partial charge on any atom is -0.0622 e. The Kier molecular flexibility index (Phi) is 3.65. The van der Waals surface area contributed by atoms with Gasteiger partial charge in [-0.2, -0.15) is 0 Å². The maximum atomic E-state index is 2.58. The van der Waals surface area contributed by atoms with Crippen molar-refractivity contribution in [2.45, 2.75) is 45.7 Å². The number of rotatable bonds is 3. The van der Waals surface area contributed by atoms with Gasteiger partial charge in [0.15, 0.2) is 0 Å². The molecule has 0 N–H and O–H groups in total. The smallest absolute Gasteiger partial charge is 0.00208 e. The van der Waals surface area contributed by atoms with E-state index in [2.05, 4.69) is 81.4 Å². The molecular weight excluding hydrogens is 295 g/mol. The summed E-state index contributed by atoms with van der Waals surface area (Å²) < 4.78 is 0. The first-order chi connectivity index (χ1) is 11.0. The lowest BCUT2D eigenvalue weighted by atomic mass is 9.72. The Morgan fingerprint density at radius 3 is 1.78 bits per heavy atom. The number of hydrogen-bond donors (Lipinski definition) is 0. The van der Waals surface area contributed by atoms with Crippen LogP contribution in [0.5, 0.6) is 0 Å². The van der Waals surface area contributed by atoms with Crippen molar-refractivity contribution in [1.29, 1.82) is 0 Å². The Balaban J connectivity index is 1.86. The highest BCUT2D eigenvalue weighted by Gasteiger charge is 2.61. The Morgan fingerprint density at radius 2 is 1.35 bits per heavy atom. The molecule has 0 heterocycles. The Morgan fingerprint density at radius 1 is 0.826 bits per heavy atom. The number of benzene rings is 2. The fourth-order valence-corrected chi connectivity index (χ4v) is 9.16. The van der Waals surface area contributed by atoms with Crippen molar-refractivity contribution in [1.82, 2.24) is 0 Å². The van der Waals surface area contributed by atoms with Gasteiger partial charge in [-0.1, -0.05) is 81.4 Å². The molecule has 120 valence electrons. The molecule has 23 heavy (non-hydrogen) atoms. The second kappa shape index (κ2) is 5.45. The van der Waals surface area contributed by atoms with Gasteiger partial charge in [0.2, 0.25) is 0 Å². The quantitative estimate of drug-likeness (QED) is 0.670. The van der Waals surface area contributed by atoms with Crippen LogP contribution in [-0.2, 0) is 0 Å². The van der Waals surface area contributed by atoms with Crippen molar-refractivity contribution in [2.24, 2.45) is 16.7 Å². The maximum absolute atomic E-state index is 2.58. The van der Waals surface area contributed by atoms with Crippen LogP contribution in [0.15, 0.2) is 60.7 Å². The lowest BCUT2D eigenvalue weighted by molar-refractivity contribution is 0.192. The van der Waals surface area contributed by atoms with Crippen LogP contribution in [0.2, 0.25) is 0 Å². The third-order valence-corrected chi connectivity index (χ3v) is 10.0. The molecule has 2 saturated carbocycles. The lowest BCUT2D eigenvalue weighted by Gasteiger charge is -2.47. The second-order valence-electron chi connectivity index (χ2n) is 8.36. The summed E-state index contributed by atoms with van der Waals surface area (Å²) in [7, 11) is -0.303. The third kappa shape index (κ3) is 2.38. The minimum absolute atomic E-state index is 0.303. The maximum Gasteiger partial charge on any atom is -0.00208 e. The number of fused-ring (bicyclic) bond motifs is 2. The van der Waals surface area contributed by atoms with E-state index in [9.17, 15) is 0 Å². The van der Waals surface area contributed by atoms with Crippen LogP contribution >= 0.6 is 7.92 Å². The van der Waals surface area contributed by atoms with E-state index >= 15 is 0 Å². The van der Waals surface area contributed by atoms with E-state index in [1.807, 2.05) is 0 Å². The van der Waals surface area contributed by atoms with E-state index in [4.69, 9.17) is 0 Å². The summed E-state index contributed by atoms with van der Waals surface area (Å²) in [6.45, 7) is 7.68. The van der Waals surface area contributed by atoms with E-state index in [0.29, 0.717) is 10.8 Å². The summed E-state index contributed by atoms with van der Waals surface area (Å²) in [6.07, 6.45) is 4.29. The molecule has 1 heteroatoms. The molecule has 4 rings (SSSR count). The van der Waals surface area contributed by atoms with Crippen LogP contribution in [0.4, 0.5) is 0 Å². The van der Waals surface area contributed by atoms with Crippen LogP contribution in [0, 0.1) is 16.7 Å². The first-order valence-electron chi connectivity index (χ1n) is 8.92. The van der Waals surface area contributed by atoms with E-state index in [-0.39, 0.29) is 7.92 Å². The van der Waals surface area contributed by atoms with Gasteiger partial charge in [-0.3, -0.25) is 0 Å². The monoisotopic (exact) mass is 322 g/mol. The summed E-state index contributed by atoms with van der Waals surface area (Å²) in [6, 6.07) is 22.6. The predicted octanol–water partition coefficient (Wildman–Crippen LogP) is 5.33. The largest absolute Gasteiger partial charge is 0.0622 e. The molecule has 2 fully saturated rings. The zero-order chi connectivity index (χ0) is 16.1. The Labute approximate surface area is 142 Å². The molecule has 0 amide bonds. The predicted molar refractivity (Wildman–Crippen MR) is 102 cm³/mol. The average molecular weight is 322 g/mol. The Bertz CT molecular complexity index is 631. The van der Waals surface area contributed by atoms with Gasteiger partial charge in [-0.05, 0) is 60.2 Å². The molecule has 0 aromatic heterocycles. The minimum atomic E-state index is -0.303. The van der Waals surface area contributed by atoms with Crippen molar-refractivity contribution < 1.29 is 0 Å². The molecule has 0 spiro atoms. The van der Waals surface area contributed by atoms with Crippen LogP contribution in [0.3, 0.4) is 0 Å². The summed E-state index contributed by atoms with van der Waals surface area (Å²) >= 11 is 0. The summed E-state index contributed by atoms with van der Waals surface area (Å²) in [5, 5.41) is 3.11. The summed E-state index contributed by atoms with van der Waals surface area (Å²) in [4.78, 5) is 0. The standard InChI is InChI=1S/C22H27P/c1-21(2)17-14-15-22(3,16-17)20(21)23(18-10-6-4-7-11-18)19-12-8-5-9-13-19/h4-13,17,20H,14-16H2,1-3H3/t17-,20-,22+/m0/s1. The molecule has 0 aliphatic heterocycles. The van der Waals surface area contributed by atoms with Gasteiger partial charge in [0.05, 0.1) is 0 Å². The van der Waals surface area contributed by atoms with Crippen molar-refractivity contribution in [3.05, 3.63) is 60.7 Å². The average Bonchev–Trinajstić information content (AvgIpc) is 3.04. The SMILES string of the molecule is CC1(C)[C@H]2CC[C@](C)(C2)[C@H]1P(c1ccccc1)c1ccccc1. The molecule has 0 radical (unpaired) electrons. The zero-order valence-corrected chi connectivity index (χ0v) is 15.4. The van der Waals surface area contributed by atoms with Crippen molar-refractivity contribution in [3.63, 3.8) is 0 Å². The molecular formula is C22H27P. The second-order valence-corrected chi connectivity index (χ2v) is 10.6. The van der Waals surface area contributed by atoms with Crippen molar-refractivity contribution in [3.8, 4) is 0 Å². The third-order valence-electron chi connectivity index (χ3n) is 6.52. The summed E-state index contributed by atoms with van der Waals surface area (Å²) in [5.41, 5.74) is 1.75. The van der Waals surface area contributed by atoms with Gasteiger partial charge >= 0.3 is 0 Å². The number of hydrogen-bond acceptors (Lipinski definition) is 0. The van der Waals surface area contributed by atoms with Crippen LogP contribution in [-0.4, -0.2) is 5.66 Å². The molecule has 0 saturated heterocycles. The molecule has 0 unspecified atom stereocenters. The molecule has 2 aromatic rings. The molecule has 2 aliphatic carbocycles. The van der Waals surface area contributed by atoms with Crippen LogP contribution in [0.25, 0.3) is 0 Å². The van der Waals surface area contributed by atoms with Crippen molar-refractivity contribution in [2.75, 3.05) is 0 Å². The zero-order valence-electron chi connectivity index (χ0n) is 14.5. The van der Waals surface area contributed by atoms with E-state index in [1.54, 1.807) is 10.6 Å². The van der Waals surface area contributed by atoms with Gasteiger partial charge in [0.1, 0.15) is 0 Å². The molecule has 3 atom stereocenters. The van der Waals surface area contributed by atoms with Crippen molar-refractivity contribution >= 4 is 18.5 Å². The van der Waals surface area contributed by atoms with E-state index in [1.165, 1.54) is 19.3 Å².